The number of nitrogens with zero attached hydrogens (tertiary/aromatic N) is 4. The maximum absolute atomic E-state index is 4.23. The van der Waals surface area contributed by atoms with Crippen LogP contribution >= 0.6 is 35.3 Å². The summed E-state index contributed by atoms with van der Waals surface area (Å²) in [6, 6.07) is 12.1. The predicted octanol–water partition coefficient (Wildman–Crippen LogP) is 2.81. The first-order valence-corrected chi connectivity index (χ1v) is 8.21. The molecule has 0 fully saturated rings. The highest BCUT2D eigenvalue weighted by atomic mass is 127. The number of halogens is 1. The van der Waals surface area contributed by atoms with Gasteiger partial charge in [0.05, 0.1) is 6.54 Å². The van der Waals surface area contributed by atoms with Crippen LogP contribution in [0.1, 0.15) is 11.4 Å². The van der Waals surface area contributed by atoms with Gasteiger partial charge in [-0.1, -0.05) is 18.2 Å². The third-order valence-electron chi connectivity index (χ3n) is 3.33. The standard InChI is InChI=1S/C16H18N6S.HI/c1-17-16(18-9-13-7-8-23-11-13)19-10-15-21-20-12-22(15)14-5-3-2-4-6-14;/h2-8,11-12H,9-10H2,1H3,(H2,17,18,19);1H. The molecule has 0 radical (unpaired) electrons. The average Bonchev–Trinajstić information content (AvgIpc) is 3.27. The zero-order valence-electron chi connectivity index (χ0n) is 13.2. The molecule has 0 unspecified atom stereocenters. The highest BCUT2D eigenvalue weighted by Gasteiger charge is 2.07. The summed E-state index contributed by atoms with van der Waals surface area (Å²) in [5.41, 5.74) is 2.28. The minimum Gasteiger partial charge on any atom is -0.352 e. The number of nitrogens with one attached hydrogen (secondary N) is 2. The fraction of sp³-hybridized carbons (Fsp3) is 0.188. The first-order valence-electron chi connectivity index (χ1n) is 7.27. The van der Waals surface area contributed by atoms with E-state index in [1.165, 1.54) is 5.56 Å². The van der Waals surface area contributed by atoms with Crippen LogP contribution in [0.4, 0.5) is 0 Å². The number of rotatable bonds is 5. The van der Waals surface area contributed by atoms with Crippen molar-refractivity contribution in [2.24, 2.45) is 4.99 Å². The molecular formula is C16H19IN6S. The third kappa shape index (κ3) is 4.78. The van der Waals surface area contributed by atoms with E-state index in [1.807, 2.05) is 34.9 Å². The molecule has 8 heteroatoms. The van der Waals surface area contributed by atoms with E-state index in [4.69, 9.17) is 0 Å². The predicted molar refractivity (Wildman–Crippen MR) is 108 cm³/mol. The molecule has 3 aromatic rings. The first kappa shape index (κ1) is 18.4. The van der Waals surface area contributed by atoms with Crippen molar-refractivity contribution in [2.75, 3.05) is 7.05 Å². The molecule has 2 aromatic heterocycles. The van der Waals surface area contributed by atoms with Crippen LogP contribution in [0.15, 0.2) is 58.5 Å². The highest BCUT2D eigenvalue weighted by molar-refractivity contribution is 14.0. The van der Waals surface area contributed by atoms with Crippen molar-refractivity contribution in [2.45, 2.75) is 13.1 Å². The van der Waals surface area contributed by atoms with Gasteiger partial charge in [-0.05, 0) is 34.5 Å². The van der Waals surface area contributed by atoms with Gasteiger partial charge in [-0.2, -0.15) is 11.3 Å². The fourth-order valence-corrected chi connectivity index (χ4v) is 2.81. The minimum absolute atomic E-state index is 0. The lowest BCUT2D eigenvalue weighted by Gasteiger charge is -2.12. The Morgan fingerprint density at radius 3 is 2.67 bits per heavy atom. The Balaban J connectivity index is 0.00000208. The lowest BCUT2D eigenvalue weighted by atomic mass is 10.3. The number of benzene rings is 1. The number of aliphatic imine (C=N–C) groups is 1. The summed E-state index contributed by atoms with van der Waals surface area (Å²) in [6.07, 6.45) is 1.72. The number of aromatic nitrogens is 3. The van der Waals surface area contributed by atoms with Gasteiger partial charge in [-0.3, -0.25) is 9.56 Å². The van der Waals surface area contributed by atoms with Crippen LogP contribution in [0.25, 0.3) is 5.69 Å². The van der Waals surface area contributed by atoms with Gasteiger partial charge in [0, 0.05) is 19.3 Å². The Labute approximate surface area is 162 Å². The number of thiophene rings is 1. The zero-order valence-corrected chi connectivity index (χ0v) is 16.4. The summed E-state index contributed by atoms with van der Waals surface area (Å²) >= 11 is 1.69. The van der Waals surface area contributed by atoms with Gasteiger partial charge in [0.1, 0.15) is 6.33 Å². The van der Waals surface area contributed by atoms with Crippen molar-refractivity contribution in [3.8, 4) is 5.69 Å². The Hall–Kier alpha value is -1.94. The van der Waals surface area contributed by atoms with Crippen LogP contribution in [-0.4, -0.2) is 27.8 Å². The van der Waals surface area contributed by atoms with Crippen molar-refractivity contribution in [1.82, 2.24) is 25.4 Å². The largest absolute Gasteiger partial charge is 0.352 e. The molecule has 0 saturated heterocycles. The van der Waals surface area contributed by atoms with Gasteiger partial charge >= 0.3 is 0 Å². The summed E-state index contributed by atoms with van der Waals surface area (Å²) in [7, 11) is 1.75. The lowest BCUT2D eigenvalue weighted by Crippen LogP contribution is -2.36. The molecule has 24 heavy (non-hydrogen) atoms. The molecule has 3 rings (SSSR count). The molecule has 0 bridgehead atoms. The van der Waals surface area contributed by atoms with Gasteiger partial charge in [0.15, 0.2) is 11.8 Å². The molecule has 6 nitrogen and oxygen atoms in total. The van der Waals surface area contributed by atoms with E-state index in [0.29, 0.717) is 6.54 Å². The summed E-state index contributed by atoms with van der Waals surface area (Å²) < 4.78 is 1.96. The molecule has 0 spiro atoms. The molecule has 126 valence electrons. The van der Waals surface area contributed by atoms with Crippen LogP contribution < -0.4 is 10.6 Å². The van der Waals surface area contributed by atoms with Crippen LogP contribution in [-0.2, 0) is 13.1 Å². The molecule has 1 aromatic carbocycles. The summed E-state index contributed by atoms with van der Waals surface area (Å²) in [6.45, 7) is 1.28. The topological polar surface area (TPSA) is 67.1 Å². The van der Waals surface area contributed by atoms with Crippen molar-refractivity contribution < 1.29 is 0 Å². The summed E-state index contributed by atoms with van der Waals surface area (Å²) in [4.78, 5) is 4.23. The second kappa shape index (κ2) is 9.38. The number of para-hydroxylation sites is 1. The zero-order chi connectivity index (χ0) is 15.9. The van der Waals surface area contributed by atoms with E-state index in [-0.39, 0.29) is 24.0 Å². The van der Waals surface area contributed by atoms with E-state index >= 15 is 0 Å². The molecule has 2 heterocycles. The summed E-state index contributed by atoms with van der Waals surface area (Å²) in [5.74, 6) is 1.56. The van der Waals surface area contributed by atoms with Crippen LogP contribution in [0.2, 0.25) is 0 Å². The van der Waals surface area contributed by atoms with Crippen molar-refractivity contribution in [3.63, 3.8) is 0 Å². The monoisotopic (exact) mass is 454 g/mol. The number of hydrogen-bond acceptors (Lipinski definition) is 4. The second-order valence-electron chi connectivity index (χ2n) is 4.86. The molecule has 0 saturated carbocycles. The lowest BCUT2D eigenvalue weighted by molar-refractivity contribution is 0.754. The third-order valence-corrected chi connectivity index (χ3v) is 4.06. The average molecular weight is 454 g/mol. The van der Waals surface area contributed by atoms with Crippen molar-refractivity contribution in [1.29, 1.82) is 0 Å². The fourth-order valence-electron chi connectivity index (χ4n) is 2.15. The smallest absolute Gasteiger partial charge is 0.191 e. The van der Waals surface area contributed by atoms with E-state index in [9.17, 15) is 0 Å². The Kier molecular flexibility index (Phi) is 7.19. The SMILES string of the molecule is CN=C(NCc1ccsc1)NCc1nncn1-c1ccccc1.I. The Bertz CT molecular complexity index is 754. The molecular weight excluding hydrogens is 435 g/mol. The van der Waals surface area contributed by atoms with Crippen LogP contribution in [0.5, 0.6) is 0 Å². The number of hydrogen-bond donors (Lipinski definition) is 2. The summed E-state index contributed by atoms with van der Waals surface area (Å²) in [5, 5.41) is 18.9. The minimum atomic E-state index is 0. The molecule has 2 N–H and O–H groups in total. The Morgan fingerprint density at radius 1 is 1.17 bits per heavy atom. The first-order chi connectivity index (χ1) is 11.4. The number of guanidine groups is 1. The van der Waals surface area contributed by atoms with E-state index in [2.05, 4.69) is 42.6 Å². The highest BCUT2D eigenvalue weighted by Crippen LogP contribution is 2.08. The maximum Gasteiger partial charge on any atom is 0.191 e. The molecule has 0 aliphatic rings. The molecule has 0 atom stereocenters. The Morgan fingerprint density at radius 2 is 1.96 bits per heavy atom. The van der Waals surface area contributed by atoms with E-state index in [0.717, 1.165) is 24.0 Å². The molecule has 0 aliphatic carbocycles. The van der Waals surface area contributed by atoms with Gasteiger partial charge in [0.2, 0.25) is 0 Å². The quantitative estimate of drug-likeness (QED) is 0.354. The van der Waals surface area contributed by atoms with E-state index < -0.39 is 0 Å². The van der Waals surface area contributed by atoms with Gasteiger partial charge in [-0.25, -0.2) is 0 Å². The van der Waals surface area contributed by atoms with Crippen LogP contribution in [0, 0.1) is 0 Å². The normalized spacial score (nSPS) is 11.0. The van der Waals surface area contributed by atoms with Gasteiger partial charge < -0.3 is 10.6 Å². The van der Waals surface area contributed by atoms with Gasteiger partial charge in [-0.15, -0.1) is 34.2 Å². The molecule has 0 aliphatic heterocycles. The van der Waals surface area contributed by atoms with Gasteiger partial charge in [0.25, 0.3) is 0 Å². The van der Waals surface area contributed by atoms with Crippen LogP contribution in [0.3, 0.4) is 0 Å². The second-order valence-corrected chi connectivity index (χ2v) is 5.64. The van der Waals surface area contributed by atoms with Crippen molar-refractivity contribution in [3.05, 3.63) is 64.9 Å². The van der Waals surface area contributed by atoms with E-state index in [1.54, 1.807) is 24.7 Å². The van der Waals surface area contributed by atoms with Crippen molar-refractivity contribution >= 4 is 41.3 Å². The molecule has 0 amide bonds. The maximum atomic E-state index is 4.23.